The van der Waals surface area contributed by atoms with E-state index in [4.69, 9.17) is 10.5 Å². The quantitative estimate of drug-likeness (QED) is 0.550. The fourth-order valence-corrected chi connectivity index (χ4v) is 2.60. The molecule has 0 bridgehead atoms. The summed E-state index contributed by atoms with van der Waals surface area (Å²) in [6, 6.07) is 3.90. The average molecular weight is 375 g/mol. The molecule has 27 heavy (non-hydrogen) atoms. The molecule has 1 aromatic rings. The van der Waals surface area contributed by atoms with Crippen LogP contribution >= 0.6 is 0 Å². The van der Waals surface area contributed by atoms with Crippen LogP contribution in [0.4, 0.5) is 0 Å². The number of hydrogen-bond acceptors (Lipinski definition) is 6. The maximum Gasteiger partial charge on any atom is 0.329 e. The summed E-state index contributed by atoms with van der Waals surface area (Å²) in [6.45, 7) is 3.47. The van der Waals surface area contributed by atoms with Gasteiger partial charge >= 0.3 is 5.97 Å². The smallest absolute Gasteiger partial charge is 0.329 e. The molecular formula is C19H25N3O5. The van der Waals surface area contributed by atoms with Gasteiger partial charge in [0.1, 0.15) is 24.4 Å². The Hall–Kier alpha value is -2.87. The Morgan fingerprint density at radius 1 is 1.19 bits per heavy atom. The minimum Gasteiger partial charge on any atom is -0.508 e. The van der Waals surface area contributed by atoms with Crippen molar-refractivity contribution < 1.29 is 24.2 Å². The Kier molecular flexibility index (Phi) is 6.95. The molecule has 0 unspecified atom stereocenters. The van der Waals surface area contributed by atoms with E-state index in [1.807, 2.05) is 0 Å². The Bertz CT molecular complexity index is 715. The molecule has 8 nitrogen and oxygen atoms in total. The van der Waals surface area contributed by atoms with Gasteiger partial charge < -0.3 is 26.2 Å². The van der Waals surface area contributed by atoms with Gasteiger partial charge in [0.2, 0.25) is 11.8 Å². The summed E-state index contributed by atoms with van der Waals surface area (Å²) in [5.74, 6) is -1.62. The largest absolute Gasteiger partial charge is 0.508 e. The van der Waals surface area contributed by atoms with E-state index >= 15 is 0 Å². The first-order valence-electron chi connectivity index (χ1n) is 8.75. The SMILES string of the molecule is CC(C)[C@@H]1NC(=O)/C=C/[C@@H](N)COC(=O)[C@H](Cc2ccc(O)cc2)NC1=O. The van der Waals surface area contributed by atoms with Crippen molar-refractivity contribution in [1.29, 1.82) is 0 Å². The predicted octanol–water partition coefficient (Wildman–Crippen LogP) is 0.000600. The summed E-state index contributed by atoms with van der Waals surface area (Å²) in [6.07, 6.45) is 2.83. The number of benzene rings is 1. The van der Waals surface area contributed by atoms with Crippen LogP contribution < -0.4 is 16.4 Å². The van der Waals surface area contributed by atoms with Gasteiger partial charge in [-0.15, -0.1) is 0 Å². The van der Waals surface area contributed by atoms with Crippen LogP contribution in [0.15, 0.2) is 36.4 Å². The van der Waals surface area contributed by atoms with Crippen LogP contribution in [0.3, 0.4) is 0 Å². The monoisotopic (exact) mass is 375 g/mol. The summed E-state index contributed by atoms with van der Waals surface area (Å²) in [5, 5.41) is 14.7. The molecule has 1 heterocycles. The van der Waals surface area contributed by atoms with Crippen LogP contribution in [-0.4, -0.2) is 47.6 Å². The molecule has 1 aliphatic rings. The molecule has 1 aromatic carbocycles. The first-order valence-corrected chi connectivity index (χ1v) is 8.75. The molecule has 3 atom stereocenters. The molecule has 0 spiro atoms. The fraction of sp³-hybridized carbons (Fsp3) is 0.421. The molecular weight excluding hydrogens is 350 g/mol. The van der Waals surface area contributed by atoms with Gasteiger partial charge in [-0.05, 0) is 23.6 Å². The summed E-state index contributed by atoms with van der Waals surface area (Å²) in [7, 11) is 0. The first-order chi connectivity index (χ1) is 12.8. The lowest BCUT2D eigenvalue weighted by Gasteiger charge is -2.25. The summed E-state index contributed by atoms with van der Waals surface area (Å²) >= 11 is 0. The zero-order valence-corrected chi connectivity index (χ0v) is 15.3. The normalized spacial score (nSPS) is 25.6. The highest BCUT2D eigenvalue weighted by atomic mass is 16.5. The molecule has 8 heteroatoms. The van der Waals surface area contributed by atoms with Gasteiger partial charge in [0.15, 0.2) is 0 Å². The number of esters is 1. The number of amides is 2. The molecule has 0 radical (unpaired) electrons. The molecule has 0 aromatic heterocycles. The third-order valence-corrected chi connectivity index (χ3v) is 4.14. The maximum absolute atomic E-state index is 12.7. The lowest BCUT2D eigenvalue weighted by atomic mass is 10.0. The van der Waals surface area contributed by atoms with E-state index < -0.39 is 35.9 Å². The lowest BCUT2D eigenvalue weighted by molar-refractivity contribution is -0.148. The van der Waals surface area contributed by atoms with Crippen LogP contribution in [-0.2, 0) is 25.5 Å². The highest BCUT2D eigenvalue weighted by molar-refractivity contribution is 5.94. The number of aromatic hydroxyl groups is 1. The van der Waals surface area contributed by atoms with Crippen molar-refractivity contribution in [1.82, 2.24) is 10.6 Å². The number of phenols is 1. The number of nitrogens with two attached hydrogens (primary N) is 1. The Balaban J connectivity index is 2.26. The van der Waals surface area contributed by atoms with Crippen molar-refractivity contribution in [3.8, 4) is 5.75 Å². The number of nitrogens with one attached hydrogen (secondary N) is 2. The second-order valence-electron chi connectivity index (χ2n) is 6.82. The number of carbonyl (C=O) groups is 3. The van der Waals surface area contributed by atoms with Gasteiger partial charge in [-0.25, -0.2) is 4.79 Å². The number of rotatable bonds is 3. The fourth-order valence-electron chi connectivity index (χ4n) is 2.60. The van der Waals surface area contributed by atoms with Gasteiger partial charge in [-0.1, -0.05) is 32.1 Å². The predicted molar refractivity (Wildman–Crippen MR) is 98.6 cm³/mol. The molecule has 2 amide bonds. The zero-order chi connectivity index (χ0) is 20.0. The van der Waals surface area contributed by atoms with E-state index in [1.54, 1.807) is 26.0 Å². The van der Waals surface area contributed by atoms with Gasteiger partial charge in [0.05, 0.1) is 6.04 Å². The van der Waals surface area contributed by atoms with E-state index in [0.717, 1.165) is 5.56 Å². The Labute approximate surface area is 157 Å². The minimum atomic E-state index is -0.948. The maximum atomic E-state index is 12.7. The second-order valence-corrected chi connectivity index (χ2v) is 6.82. The minimum absolute atomic E-state index is 0.101. The molecule has 0 fully saturated rings. The van der Waals surface area contributed by atoms with Crippen LogP contribution in [0.5, 0.6) is 5.75 Å². The van der Waals surface area contributed by atoms with Gasteiger partial charge in [0, 0.05) is 12.5 Å². The van der Waals surface area contributed by atoms with Crippen molar-refractivity contribution in [3.63, 3.8) is 0 Å². The van der Waals surface area contributed by atoms with Gasteiger partial charge in [-0.2, -0.15) is 0 Å². The van der Waals surface area contributed by atoms with Crippen molar-refractivity contribution >= 4 is 17.8 Å². The van der Waals surface area contributed by atoms with Crippen molar-refractivity contribution in [2.45, 2.75) is 38.4 Å². The molecule has 146 valence electrons. The average Bonchev–Trinajstić information content (AvgIpc) is 2.62. The standard InChI is InChI=1S/C19H25N3O5/c1-11(2)17-18(25)21-15(9-12-3-6-14(23)7-4-12)19(26)27-10-13(20)5-8-16(24)22-17/h3-8,11,13,15,17,23H,9-10,20H2,1-2H3,(H,21,25)(H,22,24)/b8-5+/t13-,15+,17+/m1/s1. The summed E-state index contributed by atoms with van der Waals surface area (Å²) in [5.41, 5.74) is 6.55. The van der Waals surface area contributed by atoms with Crippen LogP contribution in [0, 0.1) is 5.92 Å². The number of phenolic OH excluding ortho intramolecular Hbond substituents is 1. The molecule has 2 rings (SSSR count). The van der Waals surface area contributed by atoms with Crippen LogP contribution in [0.2, 0.25) is 0 Å². The first kappa shape index (κ1) is 20.4. The number of carbonyl (C=O) groups excluding carboxylic acids is 3. The molecule has 1 aliphatic heterocycles. The molecule has 0 saturated heterocycles. The van der Waals surface area contributed by atoms with Crippen LogP contribution in [0.25, 0.3) is 0 Å². The Morgan fingerprint density at radius 3 is 2.48 bits per heavy atom. The lowest BCUT2D eigenvalue weighted by Crippen LogP contribution is -2.54. The van der Waals surface area contributed by atoms with E-state index in [1.165, 1.54) is 24.3 Å². The van der Waals surface area contributed by atoms with E-state index in [9.17, 15) is 19.5 Å². The van der Waals surface area contributed by atoms with Crippen molar-refractivity contribution in [2.75, 3.05) is 6.61 Å². The third kappa shape index (κ3) is 6.10. The summed E-state index contributed by atoms with van der Waals surface area (Å²) in [4.78, 5) is 37.1. The molecule has 0 aliphatic carbocycles. The number of hydrogen-bond donors (Lipinski definition) is 4. The molecule has 0 saturated carbocycles. The van der Waals surface area contributed by atoms with E-state index in [0.29, 0.717) is 0 Å². The van der Waals surface area contributed by atoms with E-state index in [2.05, 4.69) is 10.6 Å². The van der Waals surface area contributed by atoms with Crippen molar-refractivity contribution in [3.05, 3.63) is 42.0 Å². The highest BCUT2D eigenvalue weighted by Crippen LogP contribution is 2.13. The van der Waals surface area contributed by atoms with Crippen LogP contribution in [0.1, 0.15) is 19.4 Å². The molecule has 5 N–H and O–H groups in total. The van der Waals surface area contributed by atoms with Crippen molar-refractivity contribution in [2.24, 2.45) is 11.7 Å². The van der Waals surface area contributed by atoms with Gasteiger partial charge in [-0.3, -0.25) is 9.59 Å². The number of cyclic esters (lactones) is 1. The number of ether oxygens (including phenoxy) is 1. The zero-order valence-electron chi connectivity index (χ0n) is 15.3. The van der Waals surface area contributed by atoms with E-state index in [-0.39, 0.29) is 24.7 Å². The van der Waals surface area contributed by atoms with Gasteiger partial charge in [0.25, 0.3) is 0 Å². The third-order valence-electron chi connectivity index (χ3n) is 4.14. The Morgan fingerprint density at radius 2 is 1.85 bits per heavy atom. The topological polar surface area (TPSA) is 131 Å². The summed E-state index contributed by atoms with van der Waals surface area (Å²) < 4.78 is 5.20. The highest BCUT2D eigenvalue weighted by Gasteiger charge is 2.30. The second kappa shape index (κ2) is 9.18.